The lowest BCUT2D eigenvalue weighted by Crippen LogP contribution is -2.20. The maximum Gasteiger partial charge on any atom is 0.250 e. The molecule has 0 aliphatic heterocycles. The van der Waals surface area contributed by atoms with Gasteiger partial charge in [-0.3, -0.25) is 10.1 Å². The zero-order valence-electron chi connectivity index (χ0n) is 10.9. The van der Waals surface area contributed by atoms with E-state index in [2.05, 4.69) is 31.3 Å². The number of thiazole rings is 1. The minimum absolute atomic E-state index is 0.211. The van der Waals surface area contributed by atoms with Crippen LogP contribution in [0.1, 0.15) is 6.92 Å². The normalized spacial score (nSPS) is 12.5. The fraction of sp³-hybridized carbons (Fsp3) is 0.154. The maximum atomic E-state index is 13.0. The van der Waals surface area contributed by atoms with E-state index >= 15 is 0 Å². The van der Waals surface area contributed by atoms with Gasteiger partial charge in [0, 0.05) is 10.9 Å². The maximum absolute atomic E-state index is 13.0. The van der Waals surface area contributed by atoms with Crippen LogP contribution in [-0.4, -0.2) is 25.3 Å². The highest BCUT2D eigenvalue weighted by molar-refractivity contribution is 9.10. The molecule has 0 fully saturated rings. The van der Waals surface area contributed by atoms with Crippen LogP contribution in [-0.2, 0) is 4.79 Å². The van der Waals surface area contributed by atoms with Gasteiger partial charge in [0.1, 0.15) is 5.82 Å². The average Bonchev–Trinajstić information content (AvgIpc) is 2.99. The summed E-state index contributed by atoms with van der Waals surface area (Å²) >= 11 is 4.58. The Labute approximate surface area is 131 Å². The molecule has 21 heavy (non-hydrogen) atoms. The lowest BCUT2D eigenvalue weighted by atomic mass is 10.2. The predicted octanol–water partition coefficient (Wildman–Crippen LogP) is 3.32. The summed E-state index contributed by atoms with van der Waals surface area (Å²) in [5.41, 5.74) is 1.63. The van der Waals surface area contributed by atoms with E-state index in [1.54, 1.807) is 23.6 Å². The molecule has 1 N–H and O–H groups in total. The first-order valence-electron chi connectivity index (χ1n) is 6.10. The zero-order valence-corrected chi connectivity index (χ0v) is 13.3. The van der Waals surface area contributed by atoms with Crippen LogP contribution in [0.5, 0.6) is 0 Å². The number of hydrogen-bond acceptors (Lipinski definition) is 4. The Bertz CT molecular complexity index is 796. The number of rotatable bonds is 3. The molecule has 1 atom stereocenters. The monoisotopic (exact) mass is 368 g/mol. The minimum Gasteiger partial charge on any atom is -0.292 e. The van der Waals surface area contributed by atoms with Crippen LogP contribution >= 0.6 is 27.3 Å². The highest BCUT2D eigenvalue weighted by Gasteiger charge is 2.15. The Morgan fingerprint density at radius 3 is 2.81 bits per heavy atom. The Balaban J connectivity index is 1.96. The Morgan fingerprint density at radius 1 is 1.43 bits per heavy atom. The van der Waals surface area contributed by atoms with Crippen molar-refractivity contribution in [3.8, 4) is 11.3 Å². The van der Waals surface area contributed by atoms with E-state index in [4.69, 9.17) is 0 Å². The molecular weight excluding hydrogens is 359 g/mol. The van der Waals surface area contributed by atoms with Crippen molar-refractivity contribution >= 4 is 44.1 Å². The lowest BCUT2D eigenvalue weighted by molar-refractivity contribution is -0.115. The van der Waals surface area contributed by atoms with Crippen molar-refractivity contribution in [3.63, 3.8) is 0 Å². The molecule has 0 saturated carbocycles. The van der Waals surface area contributed by atoms with Crippen LogP contribution in [0.25, 0.3) is 16.2 Å². The Hall–Kier alpha value is -1.80. The first-order valence-corrected chi connectivity index (χ1v) is 7.89. The molecule has 1 unspecified atom stereocenters. The van der Waals surface area contributed by atoms with Gasteiger partial charge >= 0.3 is 0 Å². The highest BCUT2D eigenvalue weighted by atomic mass is 79.9. The molecule has 0 bridgehead atoms. The average molecular weight is 369 g/mol. The number of hydrogen-bond donors (Lipinski definition) is 1. The number of halogens is 2. The molecule has 8 heteroatoms. The second-order valence-electron chi connectivity index (χ2n) is 4.36. The van der Waals surface area contributed by atoms with Crippen LogP contribution in [0.4, 0.5) is 10.3 Å². The number of amides is 1. The lowest BCUT2D eigenvalue weighted by Gasteiger charge is -2.01. The number of aromatic nitrogens is 3. The molecule has 1 aromatic carbocycles. The van der Waals surface area contributed by atoms with E-state index in [-0.39, 0.29) is 22.5 Å². The molecule has 2 aromatic heterocycles. The summed E-state index contributed by atoms with van der Waals surface area (Å²) in [6.45, 7) is 1.72. The summed E-state index contributed by atoms with van der Waals surface area (Å²) in [6, 6.07) is 6.14. The molecule has 0 saturated heterocycles. The minimum atomic E-state index is -0.324. The Morgan fingerprint density at radius 2 is 2.14 bits per heavy atom. The standard InChI is InChI=1S/C13H10BrFN4OS/c1-7(14)11(20)16-12-17-13-19(18-12)10(6-21-13)8-2-4-9(15)5-3-8/h2-7H,1H3,(H,16,18,20). The van der Waals surface area contributed by atoms with Crippen LogP contribution in [0, 0.1) is 5.82 Å². The van der Waals surface area contributed by atoms with Crippen molar-refractivity contribution in [2.45, 2.75) is 11.8 Å². The number of nitrogens with one attached hydrogen (secondary N) is 1. The molecule has 3 aromatic rings. The molecule has 0 spiro atoms. The van der Waals surface area contributed by atoms with Gasteiger partial charge < -0.3 is 0 Å². The Kier molecular flexibility index (Phi) is 3.73. The third kappa shape index (κ3) is 2.81. The van der Waals surface area contributed by atoms with Gasteiger partial charge in [0.2, 0.25) is 16.8 Å². The quantitative estimate of drug-likeness (QED) is 0.721. The molecular formula is C13H10BrFN4OS. The van der Waals surface area contributed by atoms with Crippen molar-refractivity contribution < 1.29 is 9.18 Å². The van der Waals surface area contributed by atoms with Crippen molar-refractivity contribution in [2.75, 3.05) is 5.32 Å². The number of fused-ring (bicyclic) bond motifs is 1. The number of carbonyl (C=O) groups excluding carboxylic acids is 1. The van der Waals surface area contributed by atoms with E-state index in [1.165, 1.54) is 23.5 Å². The SMILES string of the molecule is CC(Br)C(=O)Nc1nc2scc(-c3ccc(F)cc3)n2n1. The predicted molar refractivity (Wildman–Crippen MR) is 83.3 cm³/mol. The second-order valence-corrected chi connectivity index (χ2v) is 6.57. The van der Waals surface area contributed by atoms with Gasteiger partial charge in [-0.2, -0.15) is 4.98 Å². The van der Waals surface area contributed by atoms with Crippen molar-refractivity contribution in [3.05, 3.63) is 35.5 Å². The van der Waals surface area contributed by atoms with Gasteiger partial charge in [0.25, 0.3) is 0 Å². The fourth-order valence-electron chi connectivity index (χ4n) is 1.76. The van der Waals surface area contributed by atoms with Gasteiger partial charge in [-0.25, -0.2) is 8.91 Å². The van der Waals surface area contributed by atoms with Gasteiger partial charge in [-0.1, -0.05) is 15.9 Å². The summed E-state index contributed by atoms with van der Waals surface area (Å²) in [5.74, 6) is -0.249. The number of benzene rings is 1. The summed E-state index contributed by atoms with van der Waals surface area (Å²) in [7, 11) is 0. The van der Waals surface area contributed by atoms with Crippen LogP contribution in [0.15, 0.2) is 29.6 Å². The van der Waals surface area contributed by atoms with E-state index in [1.807, 2.05) is 5.38 Å². The van der Waals surface area contributed by atoms with Crippen molar-refractivity contribution in [1.82, 2.24) is 14.6 Å². The van der Waals surface area contributed by atoms with Crippen LogP contribution in [0.2, 0.25) is 0 Å². The number of anilines is 1. The van der Waals surface area contributed by atoms with Gasteiger partial charge in [-0.05, 0) is 31.2 Å². The molecule has 0 aliphatic carbocycles. The largest absolute Gasteiger partial charge is 0.292 e. The second kappa shape index (κ2) is 5.53. The fourth-order valence-corrected chi connectivity index (χ4v) is 2.71. The molecule has 5 nitrogen and oxygen atoms in total. The van der Waals surface area contributed by atoms with Crippen LogP contribution < -0.4 is 5.32 Å². The first-order chi connectivity index (χ1) is 10.0. The summed E-state index contributed by atoms with van der Waals surface area (Å²) in [5, 5.41) is 8.78. The van der Waals surface area contributed by atoms with Gasteiger partial charge in [-0.15, -0.1) is 16.4 Å². The topological polar surface area (TPSA) is 59.3 Å². The van der Waals surface area contributed by atoms with Crippen LogP contribution in [0.3, 0.4) is 0 Å². The summed E-state index contributed by atoms with van der Waals surface area (Å²) in [6.07, 6.45) is 0. The van der Waals surface area contributed by atoms with E-state index < -0.39 is 0 Å². The molecule has 2 heterocycles. The molecule has 1 amide bonds. The number of carbonyl (C=O) groups is 1. The summed E-state index contributed by atoms with van der Waals surface area (Å²) in [4.78, 5) is 16.2. The zero-order chi connectivity index (χ0) is 15.0. The molecule has 108 valence electrons. The van der Waals surface area contributed by atoms with E-state index in [0.717, 1.165) is 11.3 Å². The third-order valence-corrected chi connectivity index (χ3v) is 4.05. The van der Waals surface area contributed by atoms with Gasteiger partial charge in [0.15, 0.2) is 0 Å². The molecule has 0 aliphatic rings. The van der Waals surface area contributed by atoms with Crippen molar-refractivity contribution in [1.29, 1.82) is 0 Å². The number of alkyl halides is 1. The van der Waals surface area contributed by atoms with E-state index in [9.17, 15) is 9.18 Å². The molecule has 3 rings (SSSR count). The summed E-state index contributed by atoms with van der Waals surface area (Å²) < 4.78 is 14.6. The smallest absolute Gasteiger partial charge is 0.250 e. The highest BCUT2D eigenvalue weighted by Crippen LogP contribution is 2.26. The van der Waals surface area contributed by atoms with Crippen molar-refractivity contribution in [2.24, 2.45) is 0 Å². The molecule has 0 radical (unpaired) electrons. The van der Waals surface area contributed by atoms with E-state index in [0.29, 0.717) is 4.96 Å². The first kappa shape index (κ1) is 14.2. The number of nitrogens with zero attached hydrogens (tertiary/aromatic N) is 3. The third-order valence-electron chi connectivity index (χ3n) is 2.82. The van der Waals surface area contributed by atoms with Gasteiger partial charge in [0.05, 0.1) is 10.5 Å².